The maximum absolute atomic E-state index is 11.9. The molecule has 1 fully saturated rings. The molecule has 6 heteroatoms. The van der Waals surface area contributed by atoms with Crippen molar-refractivity contribution in [3.63, 3.8) is 0 Å². The average Bonchev–Trinajstić information content (AvgIpc) is 2.76. The molecule has 0 aliphatic carbocycles. The van der Waals surface area contributed by atoms with E-state index in [-0.39, 0.29) is 25.8 Å². The van der Waals surface area contributed by atoms with Gasteiger partial charge in [0.2, 0.25) is 0 Å². The summed E-state index contributed by atoms with van der Waals surface area (Å²) in [7, 11) is 3.13. The molecule has 0 aromatic carbocycles. The zero-order valence-electron chi connectivity index (χ0n) is 9.92. The summed E-state index contributed by atoms with van der Waals surface area (Å²) in [5.74, 6) is 0.729. The van der Waals surface area contributed by atoms with Crippen LogP contribution in [-0.4, -0.2) is 66.8 Å². The van der Waals surface area contributed by atoms with Crippen LogP contribution in [0.5, 0.6) is 0 Å². The second-order valence-corrected chi connectivity index (χ2v) is 4.00. The van der Waals surface area contributed by atoms with Crippen LogP contribution in [0.4, 0.5) is 4.79 Å². The number of likely N-dealkylation sites (N-methyl/N-ethyl adjacent to an activating group) is 1. The first kappa shape index (κ1) is 13.3. The van der Waals surface area contributed by atoms with Crippen LogP contribution >= 0.6 is 0 Å². The summed E-state index contributed by atoms with van der Waals surface area (Å²) in [5.41, 5.74) is 0. The molecular formula is C11H16N2O4. The van der Waals surface area contributed by atoms with E-state index in [0.29, 0.717) is 0 Å². The number of carboxylic acid groups (broad SMARTS) is 1. The Morgan fingerprint density at radius 3 is 2.65 bits per heavy atom. The Hall–Kier alpha value is -1.74. The minimum Gasteiger partial charge on any atom is -0.481 e. The van der Waals surface area contributed by atoms with Crippen molar-refractivity contribution in [3.8, 4) is 12.3 Å². The van der Waals surface area contributed by atoms with Gasteiger partial charge in [0.25, 0.3) is 0 Å². The van der Waals surface area contributed by atoms with Crippen LogP contribution in [0.25, 0.3) is 0 Å². The van der Waals surface area contributed by atoms with Gasteiger partial charge in [-0.1, -0.05) is 5.92 Å². The standard InChI is InChI=1S/C11H16N2O4/c1-4-5-12(2)11(16)13(3)9-7-17-6-8(9)10(14)15/h1,8-9H,5-7H2,2-3H3,(H,14,15). The van der Waals surface area contributed by atoms with Crippen molar-refractivity contribution in [3.05, 3.63) is 0 Å². The zero-order chi connectivity index (χ0) is 13.0. The number of rotatable bonds is 3. The van der Waals surface area contributed by atoms with Gasteiger partial charge in [0.05, 0.1) is 25.8 Å². The third-order valence-electron chi connectivity index (χ3n) is 2.82. The summed E-state index contributed by atoms with van der Waals surface area (Å²) < 4.78 is 5.11. The highest BCUT2D eigenvalue weighted by Crippen LogP contribution is 2.19. The maximum atomic E-state index is 11.9. The van der Waals surface area contributed by atoms with E-state index < -0.39 is 17.9 Å². The van der Waals surface area contributed by atoms with Crippen molar-refractivity contribution in [1.29, 1.82) is 0 Å². The molecule has 94 valence electrons. The number of amides is 2. The topological polar surface area (TPSA) is 70.1 Å². The highest BCUT2D eigenvalue weighted by Gasteiger charge is 2.39. The Morgan fingerprint density at radius 1 is 1.47 bits per heavy atom. The van der Waals surface area contributed by atoms with E-state index in [0.717, 1.165) is 0 Å². The average molecular weight is 240 g/mol. The number of carbonyl (C=O) groups is 2. The zero-order valence-corrected chi connectivity index (χ0v) is 9.92. The molecule has 0 spiro atoms. The summed E-state index contributed by atoms with van der Waals surface area (Å²) in [6.45, 7) is 0.564. The molecule has 2 amide bonds. The molecular weight excluding hydrogens is 224 g/mol. The van der Waals surface area contributed by atoms with E-state index in [1.54, 1.807) is 14.1 Å². The molecule has 0 saturated carbocycles. The van der Waals surface area contributed by atoms with E-state index in [9.17, 15) is 9.59 Å². The second-order valence-electron chi connectivity index (χ2n) is 4.00. The van der Waals surface area contributed by atoms with Gasteiger partial charge in [-0.2, -0.15) is 0 Å². The Bertz CT molecular complexity index is 350. The lowest BCUT2D eigenvalue weighted by molar-refractivity contribution is -0.142. The van der Waals surface area contributed by atoms with Crippen molar-refractivity contribution < 1.29 is 19.4 Å². The monoisotopic (exact) mass is 240 g/mol. The molecule has 0 bridgehead atoms. The minimum atomic E-state index is -0.952. The quantitative estimate of drug-likeness (QED) is 0.688. The summed E-state index contributed by atoms with van der Waals surface area (Å²) >= 11 is 0. The second kappa shape index (κ2) is 5.55. The summed E-state index contributed by atoms with van der Waals surface area (Å²) in [6.07, 6.45) is 5.12. The number of carboxylic acids is 1. The maximum Gasteiger partial charge on any atom is 0.320 e. The summed E-state index contributed by atoms with van der Waals surface area (Å²) in [6, 6.07) is -0.745. The Balaban J connectivity index is 2.69. The van der Waals surface area contributed by atoms with Crippen LogP contribution in [-0.2, 0) is 9.53 Å². The van der Waals surface area contributed by atoms with Gasteiger partial charge >= 0.3 is 12.0 Å². The van der Waals surface area contributed by atoms with Crippen LogP contribution in [0, 0.1) is 18.3 Å². The molecule has 2 unspecified atom stereocenters. The molecule has 0 aromatic rings. The van der Waals surface area contributed by atoms with E-state index in [2.05, 4.69) is 5.92 Å². The predicted molar refractivity (Wildman–Crippen MR) is 60.4 cm³/mol. The number of aliphatic carboxylic acids is 1. The molecule has 1 aliphatic heterocycles. The van der Waals surface area contributed by atoms with Gasteiger partial charge in [0.1, 0.15) is 5.92 Å². The van der Waals surface area contributed by atoms with Crippen molar-refractivity contribution in [2.45, 2.75) is 6.04 Å². The van der Waals surface area contributed by atoms with Crippen LogP contribution in [0.15, 0.2) is 0 Å². The number of carbonyl (C=O) groups excluding carboxylic acids is 1. The first-order chi connectivity index (χ1) is 7.99. The van der Waals surface area contributed by atoms with E-state index in [4.69, 9.17) is 16.3 Å². The van der Waals surface area contributed by atoms with Crippen LogP contribution < -0.4 is 0 Å². The molecule has 1 saturated heterocycles. The number of hydrogen-bond donors (Lipinski definition) is 1. The van der Waals surface area contributed by atoms with Gasteiger partial charge < -0.3 is 19.6 Å². The first-order valence-corrected chi connectivity index (χ1v) is 5.21. The van der Waals surface area contributed by atoms with Crippen molar-refractivity contribution in [1.82, 2.24) is 9.80 Å². The molecule has 1 heterocycles. The lowest BCUT2D eigenvalue weighted by Gasteiger charge is -2.29. The molecule has 2 atom stereocenters. The summed E-state index contributed by atoms with van der Waals surface area (Å²) in [5, 5.41) is 8.99. The van der Waals surface area contributed by atoms with E-state index in [1.165, 1.54) is 9.80 Å². The molecule has 1 rings (SSSR count). The van der Waals surface area contributed by atoms with Crippen molar-refractivity contribution in [2.75, 3.05) is 33.9 Å². The fraction of sp³-hybridized carbons (Fsp3) is 0.636. The van der Waals surface area contributed by atoms with Gasteiger partial charge in [0.15, 0.2) is 0 Å². The summed E-state index contributed by atoms with van der Waals surface area (Å²) in [4.78, 5) is 25.6. The Kier molecular flexibility index (Phi) is 4.35. The van der Waals surface area contributed by atoms with Crippen molar-refractivity contribution >= 4 is 12.0 Å². The Morgan fingerprint density at radius 2 is 2.12 bits per heavy atom. The van der Waals surface area contributed by atoms with Crippen LogP contribution in [0.1, 0.15) is 0 Å². The fourth-order valence-electron chi connectivity index (χ4n) is 1.78. The lowest BCUT2D eigenvalue weighted by Crippen LogP contribution is -2.48. The van der Waals surface area contributed by atoms with Gasteiger partial charge in [-0.05, 0) is 0 Å². The van der Waals surface area contributed by atoms with Gasteiger partial charge in [0, 0.05) is 14.1 Å². The van der Waals surface area contributed by atoms with Crippen LogP contribution in [0.3, 0.4) is 0 Å². The lowest BCUT2D eigenvalue weighted by atomic mass is 10.0. The molecule has 0 aromatic heterocycles. The smallest absolute Gasteiger partial charge is 0.320 e. The number of ether oxygens (including phenoxy) is 1. The number of hydrogen-bond acceptors (Lipinski definition) is 3. The third kappa shape index (κ3) is 2.88. The number of urea groups is 1. The Labute approximate surface area is 100 Å². The van der Waals surface area contributed by atoms with Gasteiger partial charge in [-0.25, -0.2) is 4.79 Å². The molecule has 6 nitrogen and oxygen atoms in total. The minimum absolute atomic E-state index is 0.135. The van der Waals surface area contributed by atoms with Crippen LogP contribution in [0.2, 0.25) is 0 Å². The van der Waals surface area contributed by atoms with Gasteiger partial charge in [-0.3, -0.25) is 4.79 Å². The van der Waals surface area contributed by atoms with E-state index >= 15 is 0 Å². The first-order valence-electron chi connectivity index (χ1n) is 5.21. The van der Waals surface area contributed by atoms with Gasteiger partial charge in [-0.15, -0.1) is 6.42 Å². The molecule has 0 radical (unpaired) electrons. The van der Waals surface area contributed by atoms with E-state index in [1.807, 2.05) is 0 Å². The number of terminal acetylenes is 1. The normalized spacial score (nSPS) is 22.9. The highest BCUT2D eigenvalue weighted by molar-refractivity contribution is 5.77. The highest BCUT2D eigenvalue weighted by atomic mass is 16.5. The van der Waals surface area contributed by atoms with Crippen molar-refractivity contribution in [2.24, 2.45) is 5.92 Å². The third-order valence-corrected chi connectivity index (χ3v) is 2.82. The fourth-order valence-corrected chi connectivity index (χ4v) is 1.78. The molecule has 1 aliphatic rings. The molecule has 1 N–H and O–H groups in total. The SMILES string of the molecule is C#CCN(C)C(=O)N(C)C1COCC1C(=O)O. The largest absolute Gasteiger partial charge is 0.481 e. The number of nitrogens with zero attached hydrogens (tertiary/aromatic N) is 2. The predicted octanol–water partition coefficient (Wildman–Crippen LogP) is -0.297. The molecule has 17 heavy (non-hydrogen) atoms.